The predicted octanol–water partition coefficient (Wildman–Crippen LogP) is 2.37. The molecule has 1 aromatic carbocycles. The summed E-state index contributed by atoms with van der Waals surface area (Å²) in [5.74, 6) is 1.05. The molecular formula is C23H24N8O2. The van der Waals surface area contributed by atoms with Gasteiger partial charge in [0, 0.05) is 44.2 Å². The van der Waals surface area contributed by atoms with Crippen molar-refractivity contribution < 1.29 is 9.53 Å². The average Bonchev–Trinajstić information content (AvgIpc) is 3.24. The van der Waals surface area contributed by atoms with Crippen molar-refractivity contribution in [1.29, 1.82) is 0 Å². The van der Waals surface area contributed by atoms with Crippen LogP contribution < -0.4 is 15.5 Å². The van der Waals surface area contributed by atoms with Crippen LogP contribution in [0.5, 0.6) is 0 Å². The second-order valence-corrected chi connectivity index (χ2v) is 7.72. The summed E-state index contributed by atoms with van der Waals surface area (Å²) in [5.41, 5.74) is 3.91. The van der Waals surface area contributed by atoms with Crippen molar-refractivity contribution in [1.82, 2.24) is 30.0 Å². The Bertz CT molecular complexity index is 1300. The van der Waals surface area contributed by atoms with Gasteiger partial charge in [-0.25, -0.2) is 9.97 Å². The van der Waals surface area contributed by atoms with E-state index in [9.17, 15) is 4.79 Å². The van der Waals surface area contributed by atoms with E-state index in [4.69, 9.17) is 14.7 Å². The van der Waals surface area contributed by atoms with Gasteiger partial charge in [-0.3, -0.25) is 9.48 Å². The molecule has 0 radical (unpaired) electrons. The van der Waals surface area contributed by atoms with E-state index < -0.39 is 0 Å². The molecule has 0 unspecified atom stereocenters. The number of nitrogens with zero attached hydrogens (tertiary/aromatic N) is 6. The van der Waals surface area contributed by atoms with Crippen LogP contribution in [0.3, 0.4) is 0 Å². The monoisotopic (exact) mass is 444 g/mol. The average molecular weight is 444 g/mol. The minimum absolute atomic E-state index is 0.230. The molecule has 10 nitrogen and oxygen atoms in total. The van der Waals surface area contributed by atoms with E-state index in [0.717, 1.165) is 40.9 Å². The minimum Gasteiger partial charge on any atom is -0.378 e. The molecule has 4 heterocycles. The van der Waals surface area contributed by atoms with E-state index >= 15 is 0 Å². The Morgan fingerprint density at radius 1 is 1.06 bits per heavy atom. The molecule has 1 fully saturated rings. The van der Waals surface area contributed by atoms with Crippen LogP contribution in [0.25, 0.3) is 22.2 Å². The highest BCUT2D eigenvalue weighted by Gasteiger charge is 2.17. The van der Waals surface area contributed by atoms with Crippen molar-refractivity contribution >= 4 is 34.3 Å². The normalized spacial score (nSPS) is 13.8. The van der Waals surface area contributed by atoms with Crippen LogP contribution in [0.2, 0.25) is 0 Å². The van der Waals surface area contributed by atoms with E-state index in [1.54, 1.807) is 25.4 Å². The first-order chi connectivity index (χ1) is 16.1. The second kappa shape index (κ2) is 8.83. The van der Waals surface area contributed by atoms with Crippen LogP contribution in [0.1, 0.15) is 10.5 Å². The standard InChI is InChI=1S/C23H24N8O2/c1-24-22(32)18-5-4-17(14-25-18)27-21-12-19(28-23(29-21)31-7-9-33-10-8-31)15-3-6-20-16(11-15)13-26-30(20)2/h3-6,11-14H,7-10H2,1-2H3,(H,24,32)(H,27,28,29). The van der Waals surface area contributed by atoms with E-state index in [1.807, 2.05) is 36.1 Å². The molecule has 3 aromatic heterocycles. The number of aromatic nitrogens is 5. The number of morpholine rings is 1. The number of hydrogen-bond acceptors (Lipinski definition) is 8. The van der Waals surface area contributed by atoms with Crippen LogP contribution in [0.4, 0.5) is 17.5 Å². The highest BCUT2D eigenvalue weighted by Crippen LogP contribution is 2.28. The van der Waals surface area contributed by atoms with Gasteiger partial charge in [0.25, 0.3) is 5.91 Å². The van der Waals surface area contributed by atoms with Crippen LogP contribution >= 0.6 is 0 Å². The van der Waals surface area contributed by atoms with Gasteiger partial charge in [0.2, 0.25) is 5.95 Å². The second-order valence-electron chi connectivity index (χ2n) is 7.72. The number of nitrogens with one attached hydrogen (secondary N) is 2. The summed E-state index contributed by atoms with van der Waals surface area (Å²) in [5, 5.41) is 11.3. The topological polar surface area (TPSA) is 110 Å². The van der Waals surface area contributed by atoms with Crippen molar-refractivity contribution in [2.75, 3.05) is 43.6 Å². The maximum atomic E-state index is 11.8. The number of fused-ring (bicyclic) bond motifs is 1. The van der Waals surface area contributed by atoms with Gasteiger partial charge in [-0.2, -0.15) is 10.1 Å². The molecule has 0 bridgehead atoms. The molecule has 10 heteroatoms. The number of ether oxygens (including phenoxy) is 1. The maximum absolute atomic E-state index is 11.8. The summed E-state index contributed by atoms with van der Waals surface area (Å²) < 4.78 is 7.34. The number of pyridine rings is 1. The Balaban J connectivity index is 1.51. The van der Waals surface area contributed by atoms with Crippen LogP contribution in [0, 0.1) is 0 Å². The highest BCUT2D eigenvalue weighted by molar-refractivity contribution is 5.92. The number of amides is 1. The van der Waals surface area contributed by atoms with Crippen molar-refractivity contribution in [3.63, 3.8) is 0 Å². The molecule has 0 atom stereocenters. The van der Waals surface area contributed by atoms with Crippen LogP contribution in [-0.2, 0) is 11.8 Å². The Morgan fingerprint density at radius 3 is 2.67 bits per heavy atom. The fourth-order valence-corrected chi connectivity index (χ4v) is 3.75. The molecule has 5 rings (SSSR count). The first-order valence-electron chi connectivity index (χ1n) is 10.7. The van der Waals surface area contributed by atoms with Gasteiger partial charge >= 0.3 is 0 Å². The quantitative estimate of drug-likeness (QED) is 0.483. The van der Waals surface area contributed by atoms with Crippen molar-refractivity contribution in [3.8, 4) is 11.3 Å². The molecule has 2 N–H and O–H groups in total. The number of carbonyl (C=O) groups excluding carboxylic acids is 1. The first kappa shape index (κ1) is 20.8. The first-order valence-corrected chi connectivity index (χ1v) is 10.7. The highest BCUT2D eigenvalue weighted by atomic mass is 16.5. The summed E-state index contributed by atoms with van der Waals surface area (Å²) >= 11 is 0. The predicted molar refractivity (Wildman–Crippen MR) is 126 cm³/mol. The van der Waals surface area contributed by atoms with Gasteiger partial charge in [0.1, 0.15) is 11.5 Å². The molecule has 1 aliphatic rings. The lowest BCUT2D eigenvalue weighted by Gasteiger charge is -2.27. The van der Waals surface area contributed by atoms with E-state index in [-0.39, 0.29) is 5.91 Å². The number of anilines is 3. The molecule has 168 valence electrons. The number of benzene rings is 1. The van der Waals surface area contributed by atoms with Crippen molar-refractivity contribution in [2.45, 2.75) is 0 Å². The van der Waals surface area contributed by atoms with Gasteiger partial charge in [0.05, 0.1) is 42.5 Å². The zero-order valence-corrected chi connectivity index (χ0v) is 18.4. The van der Waals surface area contributed by atoms with Gasteiger partial charge in [-0.05, 0) is 24.3 Å². The number of rotatable bonds is 5. The molecule has 1 saturated heterocycles. The van der Waals surface area contributed by atoms with E-state index in [2.05, 4.69) is 31.7 Å². The lowest BCUT2D eigenvalue weighted by atomic mass is 10.1. The SMILES string of the molecule is CNC(=O)c1ccc(Nc2cc(-c3ccc4c(cnn4C)c3)nc(N3CCOCC3)n2)cn1. The number of carbonyl (C=O) groups is 1. The number of hydrogen-bond donors (Lipinski definition) is 2. The molecule has 33 heavy (non-hydrogen) atoms. The van der Waals surface area contributed by atoms with Crippen LogP contribution in [0.15, 0.2) is 48.8 Å². The van der Waals surface area contributed by atoms with Crippen molar-refractivity contribution in [2.24, 2.45) is 7.05 Å². The Labute approximate surface area is 190 Å². The molecule has 0 spiro atoms. The van der Waals surface area contributed by atoms with Gasteiger partial charge in [-0.1, -0.05) is 6.07 Å². The molecule has 0 aliphatic carbocycles. The number of aryl methyl sites for hydroxylation is 1. The molecule has 1 amide bonds. The van der Waals surface area contributed by atoms with E-state index in [1.165, 1.54) is 0 Å². The lowest BCUT2D eigenvalue weighted by molar-refractivity contribution is 0.0958. The van der Waals surface area contributed by atoms with Gasteiger partial charge < -0.3 is 20.3 Å². The fourth-order valence-electron chi connectivity index (χ4n) is 3.75. The smallest absolute Gasteiger partial charge is 0.269 e. The zero-order chi connectivity index (χ0) is 22.8. The summed E-state index contributed by atoms with van der Waals surface area (Å²) in [6.07, 6.45) is 3.46. The Kier molecular flexibility index (Phi) is 5.57. The molecule has 0 saturated carbocycles. The zero-order valence-electron chi connectivity index (χ0n) is 18.4. The van der Waals surface area contributed by atoms with Crippen LogP contribution in [-0.4, -0.2) is 64.0 Å². The lowest BCUT2D eigenvalue weighted by Crippen LogP contribution is -2.37. The van der Waals surface area contributed by atoms with Gasteiger partial charge in [-0.15, -0.1) is 0 Å². The minimum atomic E-state index is -0.230. The third-order valence-corrected chi connectivity index (χ3v) is 5.55. The maximum Gasteiger partial charge on any atom is 0.269 e. The largest absolute Gasteiger partial charge is 0.378 e. The van der Waals surface area contributed by atoms with E-state index in [0.29, 0.717) is 30.7 Å². The Morgan fingerprint density at radius 2 is 1.91 bits per heavy atom. The fraction of sp³-hybridized carbons (Fsp3) is 0.261. The summed E-state index contributed by atoms with van der Waals surface area (Å²) in [4.78, 5) is 27.7. The summed E-state index contributed by atoms with van der Waals surface area (Å²) in [6, 6.07) is 11.5. The summed E-state index contributed by atoms with van der Waals surface area (Å²) in [6.45, 7) is 2.74. The summed E-state index contributed by atoms with van der Waals surface area (Å²) in [7, 11) is 3.50. The molecule has 1 aliphatic heterocycles. The molecule has 4 aromatic rings. The third-order valence-electron chi connectivity index (χ3n) is 5.55. The van der Waals surface area contributed by atoms with Gasteiger partial charge in [0.15, 0.2) is 0 Å². The van der Waals surface area contributed by atoms with Crippen molar-refractivity contribution in [3.05, 3.63) is 54.5 Å². The Hall–Kier alpha value is -4.05. The third kappa shape index (κ3) is 4.33. The molecular weight excluding hydrogens is 420 g/mol.